The Balaban J connectivity index is 2.25. The standard InChI is InChI=1S/C19H18ClFN2O2/c1-11-16(19(18(24)23-25)5-3-4-6-19)7-13(8-17(11)21)15-9-14(20)10-22-12(15)2/h3,5,7-10,25H,4,6H2,1-2H3,(H,23,24). The number of hydrogen-bond acceptors (Lipinski definition) is 3. The molecule has 1 aromatic heterocycles. The number of amides is 1. The number of benzene rings is 1. The van der Waals surface area contributed by atoms with Crippen molar-refractivity contribution in [2.45, 2.75) is 32.1 Å². The molecular formula is C19H18ClFN2O2. The Kier molecular flexibility index (Phi) is 4.62. The fourth-order valence-electron chi connectivity index (χ4n) is 3.41. The molecule has 4 nitrogen and oxygen atoms in total. The minimum absolute atomic E-state index is 0.381. The van der Waals surface area contributed by atoms with Crippen LogP contribution in [-0.4, -0.2) is 16.1 Å². The summed E-state index contributed by atoms with van der Waals surface area (Å²) in [6, 6.07) is 4.92. The lowest BCUT2D eigenvalue weighted by molar-refractivity contribution is -0.133. The summed E-state index contributed by atoms with van der Waals surface area (Å²) in [5, 5.41) is 9.64. The highest BCUT2D eigenvalue weighted by Gasteiger charge is 2.41. The first-order chi connectivity index (χ1) is 11.9. The van der Waals surface area contributed by atoms with Crippen molar-refractivity contribution >= 4 is 17.5 Å². The number of carbonyl (C=O) groups is 1. The summed E-state index contributed by atoms with van der Waals surface area (Å²) in [4.78, 5) is 16.6. The van der Waals surface area contributed by atoms with Crippen LogP contribution in [0, 0.1) is 19.7 Å². The highest BCUT2D eigenvalue weighted by atomic mass is 35.5. The molecule has 1 aliphatic carbocycles. The third-order valence-electron chi connectivity index (χ3n) is 4.80. The molecule has 2 aromatic rings. The van der Waals surface area contributed by atoms with Gasteiger partial charge in [-0.2, -0.15) is 0 Å². The van der Waals surface area contributed by atoms with Crippen molar-refractivity contribution in [1.82, 2.24) is 10.5 Å². The average molecular weight is 361 g/mol. The molecule has 0 bridgehead atoms. The van der Waals surface area contributed by atoms with Crippen LogP contribution >= 0.6 is 11.6 Å². The van der Waals surface area contributed by atoms with Crippen LogP contribution in [0.3, 0.4) is 0 Å². The SMILES string of the molecule is Cc1ncc(Cl)cc1-c1cc(F)c(C)c(C2(C(=O)NO)C=CCC2)c1. The fraction of sp³-hybridized carbons (Fsp3) is 0.263. The van der Waals surface area contributed by atoms with Crippen LogP contribution in [0.15, 0.2) is 36.5 Å². The monoisotopic (exact) mass is 360 g/mol. The van der Waals surface area contributed by atoms with Crippen LogP contribution in [-0.2, 0) is 10.2 Å². The summed E-state index contributed by atoms with van der Waals surface area (Å²) < 4.78 is 14.7. The normalized spacial score (nSPS) is 19.2. The Labute approximate surface area is 150 Å². The van der Waals surface area contributed by atoms with Gasteiger partial charge in [0.15, 0.2) is 0 Å². The van der Waals surface area contributed by atoms with Gasteiger partial charge in [-0.3, -0.25) is 15.0 Å². The number of carbonyl (C=O) groups excluding carboxylic acids is 1. The third kappa shape index (κ3) is 2.94. The molecule has 1 aliphatic rings. The lowest BCUT2D eigenvalue weighted by atomic mass is 9.76. The molecule has 0 aliphatic heterocycles. The van der Waals surface area contributed by atoms with Crippen LogP contribution in [0.25, 0.3) is 11.1 Å². The van der Waals surface area contributed by atoms with Crippen molar-refractivity contribution < 1.29 is 14.4 Å². The van der Waals surface area contributed by atoms with E-state index < -0.39 is 17.1 Å². The van der Waals surface area contributed by atoms with Gasteiger partial charge in [-0.15, -0.1) is 0 Å². The molecule has 2 N–H and O–H groups in total. The molecule has 1 aromatic carbocycles. The molecule has 3 rings (SSSR count). The second-order valence-corrected chi connectivity index (χ2v) is 6.71. The molecule has 0 fully saturated rings. The van der Waals surface area contributed by atoms with E-state index >= 15 is 0 Å². The molecule has 1 unspecified atom stereocenters. The summed E-state index contributed by atoms with van der Waals surface area (Å²) >= 11 is 6.04. The first kappa shape index (κ1) is 17.6. The molecule has 0 saturated carbocycles. The third-order valence-corrected chi connectivity index (χ3v) is 5.01. The molecule has 0 radical (unpaired) electrons. The zero-order chi connectivity index (χ0) is 18.2. The topological polar surface area (TPSA) is 62.2 Å². The Bertz CT molecular complexity index is 882. The van der Waals surface area contributed by atoms with Gasteiger partial charge in [0.1, 0.15) is 5.82 Å². The van der Waals surface area contributed by atoms with Crippen molar-refractivity contribution in [2.75, 3.05) is 0 Å². The van der Waals surface area contributed by atoms with E-state index in [1.54, 1.807) is 30.6 Å². The van der Waals surface area contributed by atoms with E-state index in [2.05, 4.69) is 4.98 Å². The number of rotatable bonds is 3. The van der Waals surface area contributed by atoms with Crippen LogP contribution in [0.1, 0.15) is 29.7 Å². The summed E-state index contributed by atoms with van der Waals surface area (Å²) in [6.07, 6.45) is 6.28. The van der Waals surface area contributed by atoms with Gasteiger partial charge < -0.3 is 0 Å². The molecular weight excluding hydrogens is 343 g/mol. The van der Waals surface area contributed by atoms with Gasteiger partial charge in [0.2, 0.25) is 0 Å². The largest absolute Gasteiger partial charge is 0.289 e. The maximum Gasteiger partial charge on any atom is 0.257 e. The second kappa shape index (κ2) is 6.58. The molecule has 130 valence electrons. The fourth-order valence-corrected chi connectivity index (χ4v) is 3.57. The lowest BCUT2D eigenvalue weighted by Gasteiger charge is -2.28. The highest BCUT2D eigenvalue weighted by Crippen LogP contribution is 2.41. The number of nitrogens with one attached hydrogen (secondary N) is 1. The molecule has 0 spiro atoms. The van der Waals surface area contributed by atoms with Crippen molar-refractivity contribution in [1.29, 1.82) is 0 Å². The zero-order valence-electron chi connectivity index (χ0n) is 13.9. The van der Waals surface area contributed by atoms with Crippen LogP contribution in [0.5, 0.6) is 0 Å². The zero-order valence-corrected chi connectivity index (χ0v) is 14.7. The lowest BCUT2D eigenvalue weighted by Crippen LogP contribution is -2.41. The van der Waals surface area contributed by atoms with Gasteiger partial charge in [-0.1, -0.05) is 23.8 Å². The van der Waals surface area contributed by atoms with Crippen LogP contribution in [0.4, 0.5) is 4.39 Å². The molecule has 1 atom stereocenters. The van der Waals surface area contributed by atoms with Crippen molar-refractivity contribution in [2.24, 2.45) is 0 Å². The van der Waals surface area contributed by atoms with E-state index in [9.17, 15) is 14.4 Å². The second-order valence-electron chi connectivity index (χ2n) is 6.27. The number of pyridine rings is 1. The maximum atomic E-state index is 14.7. The van der Waals surface area contributed by atoms with E-state index in [4.69, 9.17) is 11.6 Å². The minimum atomic E-state index is -1.09. The van der Waals surface area contributed by atoms with E-state index in [1.165, 1.54) is 12.3 Å². The quantitative estimate of drug-likeness (QED) is 0.488. The van der Waals surface area contributed by atoms with Gasteiger partial charge in [0.05, 0.1) is 10.4 Å². The van der Waals surface area contributed by atoms with E-state index in [-0.39, 0.29) is 0 Å². The number of allylic oxidation sites excluding steroid dienone is 1. The predicted molar refractivity (Wildman–Crippen MR) is 94.1 cm³/mol. The number of aryl methyl sites for hydroxylation is 1. The number of hydroxylamine groups is 1. The average Bonchev–Trinajstić information content (AvgIpc) is 3.09. The summed E-state index contributed by atoms with van der Waals surface area (Å²) in [5.41, 5.74) is 3.56. The predicted octanol–water partition coefficient (Wildman–Crippen LogP) is 4.25. The first-order valence-electron chi connectivity index (χ1n) is 7.94. The smallest absolute Gasteiger partial charge is 0.257 e. The van der Waals surface area contributed by atoms with Gasteiger partial charge in [0, 0.05) is 17.5 Å². The number of hydrogen-bond donors (Lipinski definition) is 2. The minimum Gasteiger partial charge on any atom is -0.289 e. The van der Waals surface area contributed by atoms with Gasteiger partial charge in [0.25, 0.3) is 5.91 Å². The Morgan fingerprint density at radius 1 is 1.36 bits per heavy atom. The van der Waals surface area contributed by atoms with E-state index in [0.29, 0.717) is 45.8 Å². The molecule has 6 heteroatoms. The summed E-state index contributed by atoms with van der Waals surface area (Å²) in [6.45, 7) is 3.45. The molecule has 1 amide bonds. The van der Waals surface area contributed by atoms with Gasteiger partial charge >= 0.3 is 0 Å². The summed E-state index contributed by atoms with van der Waals surface area (Å²) in [7, 11) is 0. The Hall–Kier alpha value is -2.24. The Morgan fingerprint density at radius 2 is 2.12 bits per heavy atom. The summed E-state index contributed by atoms with van der Waals surface area (Å²) in [5.74, 6) is -0.987. The van der Waals surface area contributed by atoms with E-state index in [0.717, 1.165) is 0 Å². The van der Waals surface area contributed by atoms with Gasteiger partial charge in [-0.05, 0) is 61.6 Å². The number of nitrogens with zero attached hydrogens (tertiary/aromatic N) is 1. The van der Waals surface area contributed by atoms with E-state index in [1.807, 2.05) is 13.0 Å². The first-order valence-corrected chi connectivity index (χ1v) is 8.32. The Morgan fingerprint density at radius 3 is 2.76 bits per heavy atom. The number of aromatic nitrogens is 1. The van der Waals surface area contributed by atoms with Crippen molar-refractivity contribution in [3.63, 3.8) is 0 Å². The van der Waals surface area contributed by atoms with Crippen LogP contribution < -0.4 is 5.48 Å². The maximum absolute atomic E-state index is 14.7. The molecule has 1 heterocycles. The number of halogens is 2. The van der Waals surface area contributed by atoms with Crippen molar-refractivity contribution in [3.05, 3.63) is 64.2 Å². The highest BCUT2D eigenvalue weighted by molar-refractivity contribution is 6.30. The molecule has 0 saturated heterocycles. The van der Waals surface area contributed by atoms with Crippen LogP contribution in [0.2, 0.25) is 5.02 Å². The molecule has 25 heavy (non-hydrogen) atoms. The van der Waals surface area contributed by atoms with Crippen molar-refractivity contribution in [3.8, 4) is 11.1 Å². The van der Waals surface area contributed by atoms with Gasteiger partial charge in [-0.25, -0.2) is 9.87 Å².